The molecule has 22 heavy (non-hydrogen) atoms. The van der Waals surface area contributed by atoms with E-state index in [-0.39, 0.29) is 5.91 Å². The van der Waals surface area contributed by atoms with E-state index >= 15 is 0 Å². The summed E-state index contributed by atoms with van der Waals surface area (Å²) in [5.74, 6) is 1.10. The van der Waals surface area contributed by atoms with Gasteiger partial charge in [0.15, 0.2) is 17.2 Å². The molecule has 1 saturated heterocycles. The van der Waals surface area contributed by atoms with Crippen LogP contribution in [0.2, 0.25) is 0 Å². The van der Waals surface area contributed by atoms with Crippen LogP contribution in [-0.2, 0) is 0 Å². The van der Waals surface area contributed by atoms with Gasteiger partial charge in [-0.1, -0.05) is 0 Å². The molecule has 0 aliphatic carbocycles. The van der Waals surface area contributed by atoms with Crippen LogP contribution in [0.15, 0.2) is 34.9 Å². The Hall–Kier alpha value is -2.97. The van der Waals surface area contributed by atoms with Crippen LogP contribution in [0.25, 0.3) is 5.65 Å². The molecule has 0 radical (unpaired) electrons. The Morgan fingerprint density at radius 1 is 1.14 bits per heavy atom. The summed E-state index contributed by atoms with van der Waals surface area (Å²) in [6.45, 7) is 2.64. The highest BCUT2D eigenvalue weighted by atomic mass is 16.3. The zero-order valence-corrected chi connectivity index (χ0v) is 11.7. The number of furan rings is 1. The molecular weight excluding hydrogens is 286 g/mol. The Balaban J connectivity index is 1.46. The van der Waals surface area contributed by atoms with Crippen molar-refractivity contribution in [3.63, 3.8) is 0 Å². The van der Waals surface area contributed by atoms with Gasteiger partial charge >= 0.3 is 0 Å². The summed E-state index contributed by atoms with van der Waals surface area (Å²) in [6.07, 6.45) is 1.51. The van der Waals surface area contributed by atoms with Crippen molar-refractivity contribution in [2.24, 2.45) is 0 Å². The summed E-state index contributed by atoms with van der Waals surface area (Å²) in [6, 6.07) is 7.11. The number of aromatic nitrogens is 5. The maximum Gasteiger partial charge on any atom is 0.289 e. The van der Waals surface area contributed by atoms with Gasteiger partial charge in [-0.05, 0) is 34.7 Å². The van der Waals surface area contributed by atoms with E-state index in [1.807, 2.05) is 12.1 Å². The minimum atomic E-state index is -0.0754. The number of rotatable bonds is 2. The van der Waals surface area contributed by atoms with Gasteiger partial charge in [0.05, 0.1) is 6.26 Å². The average molecular weight is 299 g/mol. The molecule has 1 aliphatic heterocycles. The predicted octanol–water partition coefficient (Wildman–Crippen LogP) is 0.0747. The fourth-order valence-corrected chi connectivity index (χ4v) is 2.50. The summed E-state index contributed by atoms with van der Waals surface area (Å²) in [7, 11) is 0. The third-order valence-electron chi connectivity index (χ3n) is 3.68. The van der Waals surface area contributed by atoms with Crippen molar-refractivity contribution in [2.75, 3.05) is 31.1 Å². The molecule has 4 heterocycles. The predicted molar refractivity (Wildman–Crippen MR) is 75.4 cm³/mol. The van der Waals surface area contributed by atoms with Gasteiger partial charge in [-0.25, -0.2) is 0 Å². The summed E-state index contributed by atoms with van der Waals surface area (Å²) in [4.78, 5) is 16.1. The van der Waals surface area contributed by atoms with Gasteiger partial charge in [-0.2, -0.15) is 0 Å². The summed E-state index contributed by atoms with van der Waals surface area (Å²) < 4.78 is 6.56. The number of hydrogen-bond acceptors (Lipinski definition) is 7. The van der Waals surface area contributed by atoms with Crippen LogP contribution in [0.1, 0.15) is 10.6 Å². The van der Waals surface area contributed by atoms with E-state index in [0.29, 0.717) is 37.6 Å². The van der Waals surface area contributed by atoms with E-state index in [1.165, 1.54) is 10.9 Å². The molecule has 0 aromatic carbocycles. The number of fused-ring (bicyclic) bond motifs is 1. The van der Waals surface area contributed by atoms with Gasteiger partial charge in [-0.15, -0.1) is 14.8 Å². The van der Waals surface area contributed by atoms with Gasteiger partial charge in [0, 0.05) is 26.2 Å². The summed E-state index contributed by atoms with van der Waals surface area (Å²) in [5, 5.41) is 15.6. The van der Waals surface area contributed by atoms with Gasteiger partial charge in [0.25, 0.3) is 5.91 Å². The molecule has 3 aromatic heterocycles. The Kier molecular flexibility index (Phi) is 2.95. The van der Waals surface area contributed by atoms with E-state index in [1.54, 1.807) is 17.0 Å². The summed E-state index contributed by atoms with van der Waals surface area (Å²) >= 11 is 0. The molecule has 0 N–H and O–H groups in total. The largest absolute Gasteiger partial charge is 0.459 e. The van der Waals surface area contributed by atoms with Crippen LogP contribution in [0.5, 0.6) is 0 Å². The van der Waals surface area contributed by atoms with Crippen LogP contribution < -0.4 is 4.90 Å². The van der Waals surface area contributed by atoms with E-state index in [2.05, 4.69) is 25.5 Å². The highest BCUT2D eigenvalue weighted by Gasteiger charge is 2.24. The first-order chi connectivity index (χ1) is 10.8. The number of nitrogens with zero attached hydrogens (tertiary/aromatic N) is 7. The standard InChI is InChI=1S/C13H13N7O2/c21-13(10-2-1-9-22-10)19-7-5-18(6-8-19)12-4-3-11-14-16-17-20(11)15-12/h1-4,9H,5-8H2. The van der Waals surface area contributed by atoms with Crippen molar-refractivity contribution < 1.29 is 9.21 Å². The number of tetrazole rings is 1. The number of anilines is 1. The maximum absolute atomic E-state index is 12.2. The molecule has 9 nitrogen and oxygen atoms in total. The molecule has 0 saturated carbocycles. The number of carbonyl (C=O) groups is 1. The quantitative estimate of drug-likeness (QED) is 0.661. The molecule has 112 valence electrons. The molecule has 3 aromatic rings. The monoisotopic (exact) mass is 299 g/mol. The van der Waals surface area contributed by atoms with Crippen molar-refractivity contribution in [2.45, 2.75) is 0 Å². The second kappa shape index (κ2) is 5.10. The van der Waals surface area contributed by atoms with Crippen LogP contribution in [0.3, 0.4) is 0 Å². The van der Waals surface area contributed by atoms with Crippen molar-refractivity contribution >= 4 is 17.4 Å². The third-order valence-corrected chi connectivity index (χ3v) is 3.68. The second-order valence-electron chi connectivity index (χ2n) is 4.97. The normalized spacial score (nSPS) is 15.5. The maximum atomic E-state index is 12.2. The van der Waals surface area contributed by atoms with Crippen molar-refractivity contribution in [1.29, 1.82) is 0 Å². The first-order valence-corrected chi connectivity index (χ1v) is 6.94. The van der Waals surface area contributed by atoms with Gasteiger partial charge < -0.3 is 14.2 Å². The van der Waals surface area contributed by atoms with E-state index in [0.717, 1.165) is 5.82 Å². The van der Waals surface area contributed by atoms with Gasteiger partial charge in [-0.3, -0.25) is 4.79 Å². The number of amides is 1. The Morgan fingerprint density at radius 3 is 2.77 bits per heavy atom. The fraction of sp³-hybridized carbons (Fsp3) is 0.308. The lowest BCUT2D eigenvalue weighted by atomic mass is 10.3. The number of carbonyl (C=O) groups excluding carboxylic acids is 1. The highest BCUT2D eigenvalue weighted by molar-refractivity contribution is 5.91. The lowest BCUT2D eigenvalue weighted by molar-refractivity contribution is 0.0714. The Morgan fingerprint density at radius 2 is 2.00 bits per heavy atom. The molecular formula is C13H13N7O2. The smallest absolute Gasteiger partial charge is 0.289 e. The molecule has 1 amide bonds. The Bertz CT molecular complexity index is 790. The van der Waals surface area contributed by atoms with Crippen LogP contribution in [-0.4, -0.2) is 62.2 Å². The SMILES string of the molecule is O=C(c1ccco1)N1CCN(c2ccc3nnnn3n2)CC1. The van der Waals surface area contributed by atoms with Crippen molar-refractivity contribution in [3.05, 3.63) is 36.3 Å². The van der Waals surface area contributed by atoms with Crippen LogP contribution in [0, 0.1) is 0 Å². The molecule has 0 unspecified atom stereocenters. The minimum absolute atomic E-state index is 0.0754. The zero-order valence-electron chi connectivity index (χ0n) is 11.7. The Labute approximate surface area is 125 Å². The first-order valence-electron chi connectivity index (χ1n) is 6.94. The van der Waals surface area contributed by atoms with E-state index in [4.69, 9.17) is 4.42 Å². The molecule has 4 rings (SSSR count). The topological polar surface area (TPSA) is 92.7 Å². The first kappa shape index (κ1) is 12.7. The molecule has 9 heteroatoms. The van der Waals surface area contributed by atoms with Crippen LogP contribution in [0.4, 0.5) is 5.82 Å². The summed E-state index contributed by atoms with van der Waals surface area (Å²) in [5.41, 5.74) is 0.607. The van der Waals surface area contributed by atoms with E-state index in [9.17, 15) is 4.79 Å². The molecule has 1 fully saturated rings. The minimum Gasteiger partial charge on any atom is -0.459 e. The molecule has 0 spiro atoms. The van der Waals surface area contributed by atoms with Gasteiger partial charge in [0.1, 0.15) is 0 Å². The second-order valence-corrected chi connectivity index (χ2v) is 4.97. The van der Waals surface area contributed by atoms with E-state index < -0.39 is 0 Å². The number of piperazine rings is 1. The molecule has 0 bridgehead atoms. The average Bonchev–Trinajstić information content (AvgIpc) is 3.25. The lowest BCUT2D eigenvalue weighted by Crippen LogP contribution is -2.49. The number of hydrogen-bond donors (Lipinski definition) is 0. The van der Waals surface area contributed by atoms with Gasteiger partial charge in [0.2, 0.25) is 0 Å². The zero-order chi connectivity index (χ0) is 14.9. The van der Waals surface area contributed by atoms with Crippen LogP contribution >= 0.6 is 0 Å². The third kappa shape index (κ3) is 2.16. The molecule has 1 aliphatic rings. The molecule has 0 atom stereocenters. The van der Waals surface area contributed by atoms with Crippen molar-refractivity contribution in [1.82, 2.24) is 30.2 Å². The van der Waals surface area contributed by atoms with Crippen molar-refractivity contribution in [3.8, 4) is 0 Å². The highest BCUT2D eigenvalue weighted by Crippen LogP contribution is 2.15. The fourth-order valence-electron chi connectivity index (χ4n) is 2.50. The lowest BCUT2D eigenvalue weighted by Gasteiger charge is -2.34.